The predicted octanol–water partition coefficient (Wildman–Crippen LogP) is 4.00. The lowest BCUT2D eigenvalue weighted by Gasteiger charge is -2.16. The molecule has 0 spiro atoms. The van der Waals surface area contributed by atoms with E-state index in [-0.39, 0.29) is 17.4 Å². The van der Waals surface area contributed by atoms with E-state index in [4.69, 9.17) is 4.42 Å². The smallest absolute Gasteiger partial charge is 0.231 e. The molecule has 0 unspecified atom stereocenters. The second kappa shape index (κ2) is 10.8. The second-order valence-corrected chi connectivity index (χ2v) is 8.51. The van der Waals surface area contributed by atoms with Gasteiger partial charge in [-0.25, -0.2) is 0 Å². The van der Waals surface area contributed by atoms with Crippen LogP contribution in [0.15, 0.2) is 88.6 Å². The monoisotopic (exact) mass is 460 g/mol. The van der Waals surface area contributed by atoms with Crippen LogP contribution in [0.3, 0.4) is 0 Å². The van der Waals surface area contributed by atoms with Gasteiger partial charge in [-0.1, -0.05) is 72.4 Å². The van der Waals surface area contributed by atoms with E-state index in [0.29, 0.717) is 29.7 Å². The number of hydrogen-bond donors (Lipinski definition) is 1. The Morgan fingerprint density at radius 1 is 0.970 bits per heavy atom. The Hall–Kier alpha value is -3.65. The molecule has 1 atom stereocenters. The van der Waals surface area contributed by atoms with E-state index >= 15 is 0 Å². The van der Waals surface area contributed by atoms with Crippen molar-refractivity contribution >= 4 is 23.5 Å². The molecule has 2 heterocycles. The molecule has 0 radical (unpaired) electrons. The maximum absolute atomic E-state index is 12.7. The molecule has 4 rings (SSSR count). The molecule has 2 aromatic carbocycles. The Labute approximate surface area is 196 Å². The summed E-state index contributed by atoms with van der Waals surface area (Å²) in [6.45, 7) is 2.03. The number of nitrogens with zero attached hydrogens (tertiary/aromatic N) is 3. The van der Waals surface area contributed by atoms with Crippen LogP contribution in [0.4, 0.5) is 0 Å². The summed E-state index contributed by atoms with van der Waals surface area (Å²) in [6.07, 6.45) is 2.05. The lowest BCUT2D eigenvalue weighted by atomic mass is 10.0. The first-order valence-corrected chi connectivity index (χ1v) is 11.6. The summed E-state index contributed by atoms with van der Waals surface area (Å²) in [6, 6.07) is 22.7. The molecule has 7 nitrogen and oxygen atoms in total. The molecule has 0 aliphatic carbocycles. The standard InChI is InChI=1S/C25H24N4O3S/c1-18(30)21(15-19-9-4-2-5-10-19)26-23(31)17-33-25-28-27-24(22-13-8-14-32-22)29(25)16-20-11-6-3-7-12-20/h2-14,21H,15-17H2,1H3,(H,26,31)/t21-/m1/s1. The molecule has 8 heteroatoms. The van der Waals surface area contributed by atoms with Gasteiger partial charge in [0, 0.05) is 0 Å². The van der Waals surface area contributed by atoms with Gasteiger partial charge in [-0.3, -0.25) is 14.2 Å². The van der Waals surface area contributed by atoms with Crippen molar-refractivity contribution in [3.8, 4) is 11.6 Å². The molecule has 168 valence electrons. The van der Waals surface area contributed by atoms with E-state index in [1.165, 1.54) is 18.7 Å². The Balaban J connectivity index is 1.46. The third-order valence-electron chi connectivity index (χ3n) is 5.08. The molecule has 4 aromatic rings. The van der Waals surface area contributed by atoms with E-state index < -0.39 is 6.04 Å². The molecule has 33 heavy (non-hydrogen) atoms. The number of ketones is 1. The lowest BCUT2D eigenvalue weighted by molar-refractivity contribution is -0.125. The number of thioether (sulfide) groups is 1. The second-order valence-electron chi connectivity index (χ2n) is 7.56. The van der Waals surface area contributed by atoms with Crippen LogP contribution in [0.5, 0.6) is 0 Å². The van der Waals surface area contributed by atoms with E-state index in [1.54, 1.807) is 12.3 Å². The molecule has 1 amide bonds. The number of hydrogen-bond acceptors (Lipinski definition) is 6. The van der Waals surface area contributed by atoms with Crippen LogP contribution < -0.4 is 5.32 Å². The van der Waals surface area contributed by atoms with Gasteiger partial charge in [-0.15, -0.1) is 10.2 Å². The van der Waals surface area contributed by atoms with Gasteiger partial charge in [-0.05, 0) is 36.6 Å². The van der Waals surface area contributed by atoms with E-state index in [0.717, 1.165) is 11.1 Å². The first-order chi connectivity index (χ1) is 16.1. The summed E-state index contributed by atoms with van der Waals surface area (Å²) in [5, 5.41) is 12.0. The van der Waals surface area contributed by atoms with Crippen molar-refractivity contribution in [2.24, 2.45) is 0 Å². The highest BCUT2D eigenvalue weighted by Crippen LogP contribution is 2.25. The van der Waals surface area contributed by atoms with Gasteiger partial charge in [0.15, 0.2) is 16.7 Å². The normalized spacial score (nSPS) is 11.8. The highest BCUT2D eigenvalue weighted by atomic mass is 32.2. The van der Waals surface area contributed by atoms with Crippen molar-refractivity contribution in [2.75, 3.05) is 5.75 Å². The van der Waals surface area contributed by atoms with Crippen LogP contribution in [0.25, 0.3) is 11.6 Å². The zero-order valence-electron chi connectivity index (χ0n) is 18.2. The number of aromatic nitrogens is 3. The van der Waals surface area contributed by atoms with Gasteiger partial charge < -0.3 is 9.73 Å². The van der Waals surface area contributed by atoms with Crippen LogP contribution in [0.2, 0.25) is 0 Å². The summed E-state index contributed by atoms with van der Waals surface area (Å²) in [5.41, 5.74) is 2.08. The number of carbonyl (C=O) groups excluding carboxylic acids is 2. The molecule has 2 aromatic heterocycles. The maximum atomic E-state index is 12.7. The minimum atomic E-state index is -0.568. The fourth-order valence-electron chi connectivity index (χ4n) is 3.40. The van der Waals surface area contributed by atoms with Crippen LogP contribution in [0.1, 0.15) is 18.1 Å². The number of amides is 1. The van der Waals surface area contributed by atoms with Crippen molar-refractivity contribution in [1.29, 1.82) is 0 Å². The third-order valence-corrected chi connectivity index (χ3v) is 6.05. The van der Waals surface area contributed by atoms with Gasteiger partial charge >= 0.3 is 0 Å². The molecule has 0 bridgehead atoms. The fraction of sp³-hybridized carbons (Fsp3) is 0.200. The first kappa shape index (κ1) is 22.5. The minimum absolute atomic E-state index is 0.0791. The van der Waals surface area contributed by atoms with Crippen molar-refractivity contribution in [3.63, 3.8) is 0 Å². The largest absolute Gasteiger partial charge is 0.461 e. The van der Waals surface area contributed by atoms with Crippen LogP contribution in [-0.2, 0) is 22.6 Å². The zero-order chi connectivity index (χ0) is 23.0. The van der Waals surface area contributed by atoms with Crippen LogP contribution >= 0.6 is 11.8 Å². The SMILES string of the molecule is CC(=O)[C@@H](Cc1ccccc1)NC(=O)CSc1nnc(-c2ccco2)n1Cc1ccccc1. The van der Waals surface area contributed by atoms with Gasteiger partial charge in [0.2, 0.25) is 11.7 Å². The van der Waals surface area contributed by atoms with Gasteiger partial charge in [-0.2, -0.15) is 0 Å². The highest BCUT2D eigenvalue weighted by Gasteiger charge is 2.20. The van der Waals surface area contributed by atoms with Gasteiger partial charge in [0.25, 0.3) is 0 Å². The van der Waals surface area contributed by atoms with Crippen molar-refractivity contribution in [1.82, 2.24) is 20.1 Å². The van der Waals surface area contributed by atoms with Crippen LogP contribution in [-0.4, -0.2) is 38.2 Å². The number of benzene rings is 2. The average molecular weight is 461 g/mol. The molecule has 0 saturated carbocycles. The lowest BCUT2D eigenvalue weighted by Crippen LogP contribution is -2.42. The Kier molecular flexibility index (Phi) is 7.36. The van der Waals surface area contributed by atoms with E-state index in [1.807, 2.05) is 71.3 Å². The number of carbonyl (C=O) groups is 2. The molecule has 0 fully saturated rings. The molecule has 0 aliphatic rings. The predicted molar refractivity (Wildman–Crippen MR) is 127 cm³/mol. The van der Waals surface area contributed by atoms with E-state index in [9.17, 15) is 9.59 Å². The van der Waals surface area contributed by atoms with Crippen molar-refractivity contribution in [2.45, 2.75) is 31.1 Å². The quantitative estimate of drug-likeness (QED) is 0.360. The molecular weight excluding hydrogens is 436 g/mol. The van der Waals surface area contributed by atoms with Crippen molar-refractivity contribution in [3.05, 3.63) is 90.2 Å². The maximum Gasteiger partial charge on any atom is 0.231 e. The van der Waals surface area contributed by atoms with Crippen LogP contribution in [0, 0.1) is 0 Å². The zero-order valence-corrected chi connectivity index (χ0v) is 19.0. The Morgan fingerprint density at radius 2 is 1.67 bits per heavy atom. The van der Waals surface area contributed by atoms with E-state index in [2.05, 4.69) is 15.5 Å². The number of furan rings is 1. The van der Waals surface area contributed by atoms with Crippen molar-refractivity contribution < 1.29 is 14.0 Å². The fourth-order valence-corrected chi connectivity index (χ4v) is 4.15. The summed E-state index contributed by atoms with van der Waals surface area (Å²) in [7, 11) is 0. The summed E-state index contributed by atoms with van der Waals surface area (Å²) < 4.78 is 7.45. The average Bonchev–Trinajstić information content (AvgIpc) is 3.49. The molecular formula is C25H24N4O3S. The Morgan fingerprint density at radius 3 is 2.30 bits per heavy atom. The topological polar surface area (TPSA) is 90.0 Å². The summed E-state index contributed by atoms with van der Waals surface area (Å²) >= 11 is 1.28. The molecule has 1 N–H and O–H groups in total. The first-order valence-electron chi connectivity index (χ1n) is 10.6. The van der Waals surface area contributed by atoms with Gasteiger partial charge in [0.1, 0.15) is 0 Å². The summed E-state index contributed by atoms with van der Waals surface area (Å²) in [4.78, 5) is 24.8. The number of rotatable bonds is 10. The minimum Gasteiger partial charge on any atom is -0.461 e. The highest BCUT2D eigenvalue weighted by molar-refractivity contribution is 7.99. The molecule has 0 aliphatic heterocycles. The van der Waals surface area contributed by atoms with Gasteiger partial charge in [0.05, 0.1) is 24.6 Å². The number of Topliss-reactive ketones (excluding diaryl/α,β-unsaturated/α-hetero) is 1. The molecule has 0 saturated heterocycles. The number of nitrogens with one attached hydrogen (secondary N) is 1. The summed E-state index contributed by atoms with van der Waals surface area (Å²) in [5.74, 6) is 1.00. The Bertz CT molecular complexity index is 1190. The third kappa shape index (κ3) is 5.98.